The van der Waals surface area contributed by atoms with Crippen molar-refractivity contribution in [2.24, 2.45) is 22.7 Å². The molecular formula is C49H62N6O6. The number of nitriles is 1. The highest BCUT2D eigenvalue weighted by molar-refractivity contribution is 6.06. The molecule has 12 heteroatoms. The molecule has 1 amide bonds. The van der Waals surface area contributed by atoms with E-state index >= 15 is 0 Å². The Morgan fingerprint density at radius 2 is 1.59 bits per heavy atom. The Hall–Kier alpha value is -5.15. The van der Waals surface area contributed by atoms with Gasteiger partial charge in [0.25, 0.3) is 5.91 Å². The fraction of sp³-hybridized carbons (Fsp3) is 0.571. The van der Waals surface area contributed by atoms with Crippen molar-refractivity contribution in [3.63, 3.8) is 0 Å². The number of ether oxygens (including phenoxy) is 2. The van der Waals surface area contributed by atoms with Gasteiger partial charge >= 0.3 is 0 Å². The van der Waals surface area contributed by atoms with Crippen LogP contribution >= 0.6 is 0 Å². The minimum absolute atomic E-state index is 0.0438. The quantitative estimate of drug-likeness (QED) is 0.126. The fourth-order valence-corrected chi connectivity index (χ4v) is 10.7. The summed E-state index contributed by atoms with van der Waals surface area (Å²) in [7, 11) is 0. The number of rotatable bonds is 14. The molecule has 1 aromatic heterocycles. The van der Waals surface area contributed by atoms with Crippen molar-refractivity contribution in [1.82, 2.24) is 20.2 Å². The molecule has 0 spiro atoms. The van der Waals surface area contributed by atoms with Crippen LogP contribution in [0.1, 0.15) is 130 Å². The maximum atomic E-state index is 13.6. The number of carbonyl (C=O) groups excluding carboxylic acids is 4. The zero-order chi connectivity index (χ0) is 43.8. The number of nitrogens with one attached hydrogen (secondary N) is 1. The highest BCUT2D eigenvalue weighted by atomic mass is 16.5. The van der Waals surface area contributed by atoms with Gasteiger partial charge in [-0.25, -0.2) is 9.97 Å². The number of piperidine rings is 1. The van der Waals surface area contributed by atoms with Crippen molar-refractivity contribution in [2.45, 2.75) is 137 Å². The van der Waals surface area contributed by atoms with Gasteiger partial charge < -0.3 is 19.7 Å². The smallest absolute Gasteiger partial charge is 0.251 e. The van der Waals surface area contributed by atoms with Crippen LogP contribution in [-0.2, 0) is 9.59 Å². The maximum Gasteiger partial charge on any atom is 0.251 e. The lowest BCUT2D eigenvalue weighted by Crippen LogP contribution is -2.66. The van der Waals surface area contributed by atoms with Crippen molar-refractivity contribution in [3.05, 3.63) is 76.6 Å². The first kappa shape index (κ1) is 43.9. The van der Waals surface area contributed by atoms with Gasteiger partial charge in [0, 0.05) is 86.2 Å². The summed E-state index contributed by atoms with van der Waals surface area (Å²) in [6, 6.07) is 13.5. The van der Waals surface area contributed by atoms with Crippen LogP contribution in [0.5, 0.6) is 11.5 Å². The third kappa shape index (κ3) is 9.37. The van der Waals surface area contributed by atoms with Crippen LogP contribution in [0.4, 0.5) is 5.95 Å². The van der Waals surface area contributed by atoms with Gasteiger partial charge in [-0.15, -0.1) is 0 Å². The summed E-state index contributed by atoms with van der Waals surface area (Å²) in [5.41, 5.74) is 2.99. The van der Waals surface area contributed by atoms with Crippen molar-refractivity contribution in [3.8, 4) is 17.6 Å². The number of carbonyl (C=O) groups is 4. The standard InChI is InChI=1S/C49H62N6O6/c1-29(2)55(35-21-39(22-35)60-37-11-9-10-33(20-37)45(59)53-41-13-12-36(56)23-43(41)58)28-32-14-16-54(17-15-32)47-51-26-34(27-52-47)42(57)24-44-48(5,6)46(49(44,7)8)61-38-18-30(3)40(25-50)31(4)19-38/h9-11,18-20,26-27,29,32,35,39,41,44,46H,12-17,21-24,28H2,1-8H3,(H,53,59). The Labute approximate surface area is 360 Å². The number of nitrogens with zero attached hydrogens (tertiary/aromatic N) is 5. The summed E-state index contributed by atoms with van der Waals surface area (Å²) >= 11 is 0. The highest BCUT2D eigenvalue weighted by Crippen LogP contribution is 2.61. The number of aryl methyl sites for hydroxylation is 2. The van der Waals surface area contributed by atoms with Crippen LogP contribution < -0.4 is 19.7 Å². The molecule has 0 bridgehead atoms. The van der Waals surface area contributed by atoms with Crippen LogP contribution in [0.15, 0.2) is 48.8 Å². The van der Waals surface area contributed by atoms with Crippen LogP contribution in [0.3, 0.4) is 0 Å². The molecule has 3 saturated carbocycles. The lowest BCUT2D eigenvalue weighted by atomic mass is 9.44. The second-order valence-corrected chi connectivity index (χ2v) is 19.5. The fourth-order valence-electron chi connectivity index (χ4n) is 10.7. The molecule has 3 aromatic rings. The van der Waals surface area contributed by atoms with Crippen LogP contribution in [0.25, 0.3) is 0 Å². The largest absolute Gasteiger partial charge is 0.490 e. The SMILES string of the molecule is Cc1cc(OC2C(C)(C)C(CC(=O)c3cnc(N4CCC(CN(C(C)C)C5CC(Oc6cccc(C(=O)NC7CCC(=O)CC7=O)c6)C5)CC4)nc3)C2(C)C)cc(C)c1C#N. The van der Waals surface area contributed by atoms with E-state index < -0.39 is 6.04 Å². The van der Waals surface area contributed by atoms with E-state index in [9.17, 15) is 24.4 Å². The Kier molecular flexibility index (Phi) is 12.7. The topological polar surface area (TPSA) is 155 Å². The molecule has 12 nitrogen and oxygen atoms in total. The van der Waals surface area contributed by atoms with Gasteiger partial charge in [-0.2, -0.15) is 5.26 Å². The molecule has 61 heavy (non-hydrogen) atoms. The number of amides is 1. The second kappa shape index (κ2) is 17.7. The van der Waals surface area contributed by atoms with Gasteiger partial charge in [0.15, 0.2) is 11.6 Å². The van der Waals surface area contributed by atoms with Crippen molar-refractivity contribution >= 4 is 29.2 Å². The van der Waals surface area contributed by atoms with Crippen molar-refractivity contribution in [2.75, 3.05) is 24.5 Å². The molecule has 3 aliphatic carbocycles. The predicted octanol–water partition coefficient (Wildman–Crippen LogP) is 7.63. The van der Waals surface area contributed by atoms with Crippen molar-refractivity contribution in [1.29, 1.82) is 5.26 Å². The monoisotopic (exact) mass is 830 g/mol. The van der Waals surface area contributed by atoms with E-state index in [1.165, 1.54) is 0 Å². The molecule has 4 aliphatic rings. The molecule has 1 saturated heterocycles. The Morgan fingerprint density at radius 1 is 0.934 bits per heavy atom. The first-order chi connectivity index (χ1) is 28.9. The van der Waals surface area contributed by atoms with Crippen molar-refractivity contribution < 1.29 is 28.7 Å². The molecule has 1 atom stereocenters. The molecule has 324 valence electrons. The van der Waals surface area contributed by atoms with E-state index in [1.807, 2.05) is 32.0 Å². The number of hydrogen-bond donors (Lipinski definition) is 1. The Balaban J connectivity index is 0.858. The highest BCUT2D eigenvalue weighted by Gasteiger charge is 2.63. The Bertz CT molecular complexity index is 2140. The molecule has 1 N–H and O–H groups in total. The molecule has 4 fully saturated rings. The average Bonchev–Trinajstić information content (AvgIpc) is 3.20. The van der Waals surface area contributed by atoms with Gasteiger partial charge in [0.1, 0.15) is 29.5 Å². The molecule has 1 unspecified atom stereocenters. The first-order valence-corrected chi connectivity index (χ1v) is 22.1. The van der Waals surface area contributed by atoms with Gasteiger partial charge in [0.2, 0.25) is 5.95 Å². The average molecular weight is 831 g/mol. The minimum Gasteiger partial charge on any atom is -0.490 e. The summed E-state index contributed by atoms with van der Waals surface area (Å²) in [6.07, 6.45) is 8.20. The minimum atomic E-state index is -0.619. The molecule has 7 rings (SSSR count). The number of anilines is 1. The van der Waals surface area contributed by atoms with Crippen LogP contribution in [0, 0.1) is 47.8 Å². The van der Waals surface area contributed by atoms with Gasteiger partial charge in [-0.3, -0.25) is 24.1 Å². The number of hydrogen-bond acceptors (Lipinski definition) is 11. The lowest BCUT2D eigenvalue weighted by Gasteiger charge is -2.63. The third-order valence-corrected chi connectivity index (χ3v) is 14.1. The van der Waals surface area contributed by atoms with E-state index in [1.54, 1.807) is 30.6 Å². The summed E-state index contributed by atoms with van der Waals surface area (Å²) < 4.78 is 12.9. The van der Waals surface area contributed by atoms with Gasteiger partial charge in [-0.1, -0.05) is 33.8 Å². The second-order valence-electron chi connectivity index (χ2n) is 19.5. The molecule has 0 radical (unpaired) electrons. The molecule has 1 aliphatic heterocycles. The van der Waals surface area contributed by atoms with Gasteiger partial charge in [-0.05, 0) is 100 Å². The zero-order valence-corrected chi connectivity index (χ0v) is 37.1. The number of benzene rings is 2. The summed E-state index contributed by atoms with van der Waals surface area (Å²) in [5.74, 6) is 2.14. The van der Waals surface area contributed by atoms with Crippen LogP contribution in [0.2, 0.25) is 0 Å². The maximum absolute atomic E-state index is 13.6. The van der Waals surface area contributed by atoms with Crippen LogP contribution in [-0.4, -0.2) is 88.1 Å². The first-order valence-electron chi connectivity index (χ1n) is 22.1. The Morgan fingerprint density at radius 3 is 2.20 bits per heavy atom. The third-order valence-electron chi connectivity index (χ3n) is 14.1. The van der Waals surface area contributed by atoms with E-state index in [0.29, 0.717) is 65.7 Å². The van der Waals surface area contributed by atoms with E-state index in [0.717, 1.165) is 62.2 Å². The van der Waals surface area contributed by atoms with Gasteiger partial charge in [0.05, 0.1) is 29.7 Å². The number of ketones is 3. The van der Waals surface area contributed by atoms with E-state index in [2.05, 4.69) is 72.7 Å². The molecular weight excluding hydrogens is 769 g/mol. The summed E-state index contributed by atoms with van der Waals surface area (Å²) in [5, 5.41) is 12.3. The zero-order valence-electron chi connectivity index (χ0n) is 37.1. The summed E-state index contributed by atoms with van der Waals surface area (Å²) in [4.78, 5) is 64.6. The number of Topliss-reactive ketones (excluding diaryl/α,β-unsaturated/α-hetero) is 3. The summed E-state index contributed by atoms with van der Waals surface area (Å²) in [6.45, 7) is 19.8. The lowest BCUT2D eigenvalue weighted by molar-refractivity contribution is -0.196. The predicted molar refractivity (Wildman–Crippen MR) is 233 cm³/mol. The molecule has 2 heterocycles. The van der Waals surface area contributed by atoms with E-state index in [-0.39, 0.29) is 58.6 Å². The number of aromatic nitrogens is 2. The normalized spacial score (nSPS) is 24.7. The molecule has 2 aromatic carbocycles. The van der Waals surface area contributed by atoms with E-state index in [4.69, 9.17) is 9.47 Å².